The molecule has 0 atom stereocenters. The van der Waals surface area contributed by atoms with Crippen LogP contribution in [0.1, 0.15) is 11.1 Å². The Labute approximate surface area is 280 Å². The van der Waals surface area contributed by atoms with Crippen LogP contribution >= 0.6 is 0 Å². The zero-order chi connectivity index (χ0) is 32.5. The molecule has 7 aromatic carbocycles. The minimum atomic E-state index is -2.80. The predicted octanol–water partition coefficient (Wildman–Crippen LogP) is 7.57. The van der Waals surface area contributed by atoms with Crippen LogP contribution in [-0.4, -0.2) is 12.6 Å². The Morgan fingerprint density at radius 3 is 1.40 bits per heavy atom. The minimum absolute atomic E-state index is 0.573. The molecule has 0 N–H and O–H groups in total. The van der Waals surface area contributed by atoms with Crippen LogP contribution in [0.4, 0.5) is 0 Å². The zero-order valence-electron chi connectivity index (χ0n) is 26.1. The van der Waals surface area contributed by atoms with Gasteiger partial charge in [0.2, 0.25) is 0 Å². The highest BCUT2D eigenvalue weighted by atomic mass is 28.3. The van der Waals surface area contributed by atoms with Gasteiger partial charge in [0, 0.05) is 10.8 Å². The van der Waals surface area contributed by atoms with Crippen molar-refractivity contribution in [2.24, 2.45) is 0 Å². The number of hydrogen-bond donors (Lipinski definition) is 0. The first-order chi connectivity index (χ1) is 23.7. The summed E-state index contributed by atoms with van der Waals surface area (Å²) in [5.41, 5.74) is 5.77. The topological polar surface area (TPSA) is 52.5 Å². The fourth-order valence-corrected chi connectivity index (χ4v) is 12.1. The zero-order valence-corrected chi connectivity index (χ0v) is 27.1. The van der Waals surface area contributed by atoms with Crippen molar-refractivity contribution in [1.82, 2.24) is 4.57 Å². The molecule has 8 rings (SSSR count). The maximum absolute atomic E-state index is 10.7. The molecule has 8 aromatic rings. The quantitative estimate of drug-likeness (QED) is 0.141. The summed E-state index contributed by atoms with van der Waals surface area (Å²) in [6, 6.07) is 66.1. The van der Waals surface area contributed by atoms with Crippen molar-refractivity contribution >= 4 is 50.6 Å². The molecule has 0 radical (unpaired) electrons. The first kappa shape index (κ1) is 29.0. The fourth-order valence-electron chi connectivity index (χ4n) is 7.35. The van der Waals surface area contributed by atoms with Crippen molar-refractivity contribution in [3.8, 4) is 29.0 Å². The second-order valence-corrected chi connectivity index (χ2v) is 15.7. The highest BCUT2D eigenvalue weighted by Crippen LogP contribution is 2.35. The summed E-state index contributed by atoms with van der Waals surface area (Å²) in [7, 11) is -2.80. The van der Waals surface area contributed by atoms with E-state index in [4.69, 9.17) is 0 Å². The summed E-state index contributed by atoms with van der Waals surface area (Å²) >= 11 is 0. The summed E-state index contributed by atoms with van der Waals surface area (Å²) in [5, 5.41) is 28.2. The van der Waals surface area contributed by atoms with Crippen molar-refractivity contribution in [3.05, 3.63) is 187 Å². The molecule has 0 saturated heterocycles. The second kappa shape index (κ2) is 12.0. The predicted molar refractivity (Wildman–Crippen MR) is 199 cm³/mol. The van der Waals surface area contributed by atoms with Crippen molar-refractivity contribution in [2.75, 3.05) is 0 Å². The van der Waals surface area contributed by atoms with Crippen LogP contribution in [0.5, 0.6) is 0 Å². The van der Waals surface area contributed by atoms with E-state index in [9.17, 15) is 10.5 Å². The summed E-state index contributed by atoms with van der Waals surface area (Å²) < 4.78 is 2.17. The lowest BCUT2D eigenvalue weighted by molar-refractivity contribution is 1.17. The van der Waals surface area contributed by atoms with Crippen LogP contribution in [0.25, 0.3) is 38.6 Å². The minimum Gasteiger partial charge on any atom is -0.308 e. The van der Waals surface area contributed by atoms with Crippen LogP contribution in [0.15, 0.2) is 176 Å². The van der Waals surface area contributed by atoms with Crippen LogP contribution in [0.2, 0.25) is 0 Å². The maximum atomic E-state index is 10.7. The molecule has 0 spiro atoms. The van der Waals surface area contributed by atoms with E-state index in [0.717, 1.165) is 43.8 Å². The van der Waals surface area contributed by atoms with Gasteiger partial charge in [0.15, 0.2) is 8.07 Å². The molecule has 1 aromatic heterocycles. The smallest absolute Gasteiger partial charge is 0.179 e. The number of fused-ring (bicyclic) bond motifs is 3. The highest BCUT2D eigenvalue weighted by Gasteiger charge is 2.41. The first-order valence-electron chi connectivity index (χ1n) is 16.0. The summed E-state index contributed by atoms with van der Waals surface area (Å²) in [6.45, 7) is 0. The number of benzene rings is 7. The standard InChI is InChI=1S/C44H29N3Si/c45-30-33-25-24-32(29-44(33)47-42-22-12-10-20-40(42)41-21-11-13-23-43(41)47)39-27-26-38(28-34(39)31-46)48(35-14-4-1-5-15-35,36-16-6-2-7-17-36)37-18-8-3-9-19-37/h1-29H. The van der Waals surface area contributed by atoms with Crippen LogP contribution in [0.3, 0.4) is 0 Å². The summed E-state index contributed by atoms with van der Waals surface area (Å²) in [6.07, 6.45) is 0. The molecule has 4 heteroatoms. The number of para-hydroxylation sites is 2. The molecule has 3 nitrogen and oxygen atoms in total. The third-order valence-corrected chi connectivity index (χ3v) is 14.2. The number of aromatic nitrogens is 1. The van der Waals surface area contributed by atoms with Crippen molar-refractivity contribution in [1.29, 1.82) is 10.5 Å². The molecule has 0 aliphatic heterocycles. The maximum Gasteiger partial charge on any atom is 0.179 e. The van der Waals surface area contributed by atoms with Gasteiger partial charge in [-0.2, -0.15) is 10.5 Å². The van der Waals surface area contributed by atoms with Crippen LogP contribution < -0.4 is 20.7 Å². The highest BCUT2D eigenvalue weighted by molar-refractivity contribution is 7.19. The van der Waals surface area contributed by atoms with Crippen LogP contribution in [-0.2, 0) is 0 Å². The van der Waals surface area contributed by atoms with Gasteiger partial charge in [0.1, 0.15) is 6.07 Å². The lowest BCUT2D eigenvalue weighted by Crippen LogP contribution is -2.74. The number of nitriles is 2. The van der Waals surface area contributed by atoms with E-state index in [1.165, 1.54) is 15.6 Å². The molecule has 48 heavy (non-hydrogen) atoms. The number of hydrogen-bond acceptors (Lipinski definition) is 2. The van der Waals surface area contributed by atoms with Gasteiger partial charge in [-0.05, 0) is 62.2 Å². The van der Waals surface area contributed by atoms with E-state index < -0.39 is 8.07 Å². The van der Waals surface area contributed by atoms with Crippen LogP contribution in [0, 0.1) is 22.7 Å². The van der Waals surface area contributed by atoms with Crippen molar-refractivity contribution in [2.45, 2.75) is 0 Å². The Morgan fingerprint density at radius 2 is 0.896 bits per heavy atom. The first-order valence-corrected chi connectivity index (χ1v) is 18.0. The lowest BCUT2D eigenvalue weighted by Gasteiger charge is -2.34. The van der Waals surface area contributed by atoms with E-state index in [2.05, 4.69) is 156 Å². The molecular weight excluding hydrogens is 599 g/mol. The molecule has 0 amide bonds. The molecule has 0 saturated carbocycles. The lowest BCUT2D eigenvalue weighted by atomic mass is 9.98. The van der Waals surface area contributed by atoms with Crippen molar-refractivity contribution in [3.63, 3.8) is 0 Å². The molecule has 224 valence electrons. The Bertz CT molecular complexity index is 2370. The Morgan fingerprint density at radius 1 is 0.417 bits per heavy atom. The van der Waals surface area contributed by atoms with Gasteiger partial charge >= 0.3 is 0 Å². The SMILES string of the molecule is N#Cc1cc([Si](c2ccccc2)(c2ccccc2)c2ccccc2)ccc1-c1ccc(C#N)c(-n2c3ccccc3c3ccccc32)c1. The summed E-state index contributed by atoms with van der Waals surface area (Å²) in [4.78, 5) is 0. The molecule has 0 aliphatic carbocycles. The van der Waals surface area contributed by atoms with E-state index in [0.29, 0.717) is 11.1 Å². The van der Waals surface area contributed by atoms with E-state index >= 15 is 0 Å². The van der Waals surface area contributed by atoms with E-state index in [1.54, 1.807) is 0 Å². The Kier molecular flexibility index (Phi) is 7.27. The van der Waals surface area contributed by atoms with Gasteiger partial charge in [-0.1, -0.05) is 146 Å². The largest absolute Gasteiger partial charge is 0.308 e. The van der Waals surface area contributed by atoms with Gasteiger partial charge in [-0.3, -0.25) is 0 Å². The van der Waals surface area contributed by atoms with Gasteiger partial charge in [0.25, 0.3) is 0 Å². The molecule has 1 heterocycles. The van der Waals surface area contributed by atoms with Gasteiger partial charge in [-0.25, -0.2) is 0 Å². The third-order valence-electron chi connectivity index (χ3n) is 9.44. The Balaban J connectivity index is 1.37. The third kappa shape index (κ3) is 4.55. The van der Waals surface area contributed by atoms with Gasteiger partial charge < -0.3 is 4.57 Å². The summed E-state index contributed by atoms with van der Waals surface area (Å²) in [5.74, 6) is 0. The van der Waals surface area contributed by atoms with E-state index in [-0.39, 0.29) is 0 Å². The van der Waals surface area contributed by atoms with Gasteiger partial charge in [-0.15, -0.1) is 0 Å². The molecule has 0 fully saturated rings. The number of nitrogens with zero attached hydrogens (tertiary/aromatic N) is 3. The normalized spacial score (nSPS) is 11.3. The van der Waals surface area contributed by atoms with E-state index in [1.807, 2.05) is 36.4 Å². The number of rotatable bonds is 6. The van der Waals surface area contributed by atoms with Gasteiger partial charge in [0.05, 0.1) is 33.9 Å². The molecule has 0 unspecified atom stereocenters. The molecule has 0 bridgehead atoms. The monoisotopic (exact) mass is 627 g/mol. The average Bonchev–Trinajstić information content (AvgIpc) is 3.50. The van der Waals surface area contributed by atoms with Crippen molar-refractivity contribution < 1.29 is 0 Å². The molecule has 0 aliphatic rings. The molecular formula is C44H29N3Si. The fraction of sp³-hybridized carbons (Fsp3) is 0. The Hall–Kier alpha value is -6.46. The second-order valence-electron chi connectivity index (χ2n) is 11.9. The average molecular weight is 628 g/mol.